The minimum Gasteiger partial charge on any atom is -0.471 e. The van der Waals surface area contributed by atoms with E-state index in [1.54, 1.807) is 0 Å². The van der Waals surface area contributed by atoms with Gasteiger partial charge in [0.05, 0.1) is 19.6 Å². The van der Waals surface area contributed by atoms with Gasteiger partial charge in [0.15, 0.2) is 6.29 Å². The third-order valence-electron chi connectivity index (χ3n) is 6.00. The molecule has 13 nitrogen and oxygen atoms in total. The molecular weight excluding hydrogens is 412 g/mol. The van der Waals surface area contributed by atoms with E-state index < -0.39 is 84.5 Å². The fraction of sp³-hybridized carbons (Fsp3) is 0.824. The number of ether oxygens (including phenoxy) is 4. The summed E-state index contributed by atoms with van der Waals surface area (Å²) in [6, 6.07) is 0. The Bertz CT molecular complexity index is 693. The van der Waals surface area contributed by atoms with Gasteiger partial charge in [-0.05, 0) is 6.92 Å². The van der Waals surface area contributed by atoms with Gasteiger partial charge < -0.3 is 59.8 Å². The SMILES string of the molecule is COC(=O)C1=CO[C@H](O[C@H]2O[C@@H](CO)[C@H](O)[C@@H](O)[C@@H]2O)[C@@H]2[C@](C)(O)[C@@H](O)[C@H](O)[C@]12O. The number of carbonyl (C=O) groups is 1. The van der Waals surface area contributed by atoms with Gasteiger partial charge in [-0.15, -0.1) is 0 Å². The van der Waals surface area contributed by atoms with Crippen LogP contribution in [0.25, 0.3) is 0 Å². The highest BCUT2D eigenvalue weighted by molar-refractivity contribution is 5.91. The number of hydrogen-bond acceptors (Lipinski definition) is 13. The van der Waals surface area contributed by atoms with Gasteiger partial charge in [-0.25, -0.2) is 4.79 Å². The maximum absolute atomic E-state index is 12.1. The molecule has 8 N–H and O–H groups in total. The fourth-order valence-electron chi connectivity index (χ4n) is 4.24. The Balaban J connectivity index is 1.96. The van der Waals surface area contributed by atoms with Crippen molar-refractivity contribution in [1.82, 2.24) is 0 Å². The van der Waals surface area contributed by atoms with Crippen molar-refractivity contribution in [2.75, 3.05) is 13.7 Å². The molecule has 3 rings (SSSR count). The molecule has 0 unspecified atom stereocenters. The summed E-state index contributed by atoms with van der Waals surface area (Å²) in [7, 11) is 1.01. The Labute approximate surface area is 170 Å². The smallest absolute Gasteiger partial charge is 0.339 e. The van der Waals surface area contributed by atoms with E-state index in [1.807, 2.05) is 0 Å². The quantitative estimate of drug-likeness (QED) is 0.193. The highest BCUT2D eigenvalue weighted by atomic mass is 16.8. The predicted molar refractivity (Wildman–Crippen MR) is 90.9 cm³/mol. The number of rotatable bonds is 4. The molecule has 0 aromatic rings. The zero-order chi connectivity index (χ0) is 22.6. The van der Waals surface area contributed by atoms with Crippen molar-refractivity contribution in [2.45, 2.75) is 67.3 Å². The molecule has 2 fully saturated rings. The maximum Gasteiger partial charge on any atom is 0.339 e. The first kappa shape index (κ1) is 23.3. The third kappa shape index (κ3) is 3.22. The summed E-state index contributed by atoms with van der Waals surface area (Å²) < 4.78 is 20.5. The second-order valence-electron chi connectivity index (χ2n) is 7.78. The minimum atomic E-state index is -2.58. The second kappa shape index (κ2) is 7.94. The van der Waals surface area contributed by atoms with E-state index in [0.717, 1.165) is 14.0 Å². The zero-order valence-corrected chi connectivity index (χ0v) is 16.1. The monoisotopic (exact) mass is 438 g/mol. The first-order chi connectivity index (χ1) is 13.9. The Morgan fingerprint density at radius 1 is 1.07 bits per heavy atom. The van der Waals surface area contributed by atoms with Crippen molar-refractivity contribution < 1.29 is 64.6 Å². The van der Waals surface area contributed by atoms with Crippen molar-refractivity contribution in [3.05, 3.63) is 11.8 Å². The summed E-state index contributed by atoms with van der Waals surface area (Å²) in [6.45, 7) is 0.335. The molecule has 11 atom stereocenters. The van der Waals surface area contributed by atoms with Crippen molar-refractivity contribution in [3.63, 3.8) is 0 Å². The second-order valence-corrected chi connectivity index (χ2v) is 7.78. The molecule has 172 valence electrons. The van der Waals surface area contributed by atoms with E-state index in [9.17, 15) is 45.6 Å². The molecule has 2 heterocycles. The zero-order valence-electron chi connectivity index (χ0n) is 16.1. The number of methoxy groups -OCH3 is 1. The molecule has 1 saturated heterocycles. The molecule has 1 aliphatic carbocycles. The van der Waals surface area contributed by atoms with Gasteiger partial charge in [-0.1, -0.05) is 0 Å². The van der Waals surface area contributed by atoms with E-state index in [0.29, 0.717) is 6.26 Å². The molecule has 0 amide bonds. The van der Waals surface area contributed by atoms with Crippen LogP contribution in [0.2, 0.25) is 0 Å². The molecule has 0 aromatic heterocycles. The van der Waals surface area contributed by atoms with Gasteiger partial charge in [0.1, 0.15) is 59.7 Å². The van der Waals surface area contributed by atoms with Gasteiger partial charge in [0, 0.05) is 0 Å². The molecule has 30 heavy (non-hydrogen) atoms. The maximum atomic E-state index is 12.1. The summed E-state index contributed by atoms with van der Waals surface area (Å²) >= 11 is 0. The number of aliphatic hydroxyl groups is 8. The van der Waals surface area contributed by atoms with Crippen LogP contribution in [0, 0.1) is 5.92 Å². The van der Waals surface area contributed by atoms with Gasteiger partial charge in [-0.3, -0.25) is 0 Å². The van der Waals surface area contributed by atoms with Crippen LogP contribution in [-0.4, -0.2) is 121 Å². The highest BCUT2D eigenvalue weighted by Gasteiger charge is 2.72. The Kier molecular flexibility index (Phi) is 6.16. The van der Waals surface area contributed by atoms with Gasteiger partial charge in [0.25, 0.3) is 0 Å². The van der Waals surface area contributed by atoms with Crippen molar-refractivity contribution in [3.8, 4) is 0 Å². The summed E-state index contributed by atoms with van der Waals surface area (Å²) in [5.41, 5.74) is -5.43. The molecule has 3 aliphatic rings. The third-order valence-corrected chi connectivity index (χ3v) is 6.00. The molecular formula is C17H26O13. The normalized spacial score (nSPS) is 51.0. The molecule has 2 aliphatic heterocycles. The number of esters is 1. The first-order valence-corrected chi connectivity index (χ1v) is 9.14. The Hall–Kier alpha value is -1.39. The molecule has 0 bridgehead atoms. The number of fused-ring (bicyclic) bond motifs is 1. The van der Waals surface area contributed by atoms with Crippen LogP contribution in [0.1, 0.15) is 6.92 Å². The van der Waals surface area contributed by atoms with Gasteiger partial charge >= 0.3 is 5.97 Å². The van der Waals surface area contributed by atoms with Crippen molar-refractivity contribution in [2.24, 2.45) is 5.92 Å². The number of hydrogen-bond donors (Lipinski definition) is 8. The van der Waals surface area contributed by atoms with Crippen LogP contribution < -0.4 is 0 Å². The van der Waals surface area contributed by atoms with Crippen LogP contribution in [0.5, 0.6) is 0 Å². The van der Waals surface area contributed by atoms with Crippen molar-refractivity contribution >= 4 is 5.97 Å². The van der Waals surface area contributed by atoms with Crippen LogP contribution in [0.15, 0.2) is 11.8 Å². The average molecular weight is 438 g/mol. The highest BCUT2D eigenvalue weighted by Crippen LogP contribution is 2.52. The average Bonchev–Trinajstić information content (AvgIpc) is 2.85. The molecule has 0 aromatic carbocycles. The standard InChI is InChI=1S/C17H26O13/c1-16(25)10-15(30-14-9(21)8(20)7(19)6(3-18)29-14)28-4-5(13(24)27-2)17(10,26)12(23)11(16)22/h4,6-12,14-15,18-23,25-26H,3H2,1-2H3/t6-,7-,8+,9-,10+,11-,12-,14+,15+,16-,17-/m0/s1. The number of aliphatic hydroxyl groups excluding tert-OH is 6. The van der Waals surface area contributed by atoms with Crippen LogP contribution in [0.3, 0.4) is 0 Å². The summed E-state index contributed by atoms with van der Waals surface area (Å²) in [5, 5.41) is 81.9. The largest absolute Gasteiger partial charge is 0.471 e. The minimum absolute atomic E-state index is 0.590. The van der Waals surface area contributed by atoms with E-state index in [1.165, 1.54) is 0 Å². The lowest BCUT2D eigenvalue weighted by atomic mass is 9.76. The summed E-state index contributed by atoms with van der Waals surface area (Å²) in [6.07, 6.45) is -13.3. The van der Waals surface area contributed by atoms with Gasteiger partial charge in [0.2, 0.25) is 6.29 Å². The molecule has 1 saturated carbocycles. The van der Waals surface area contributed by atoms with Crippen LogP contribution in [0.4, 0.5) is 0 Å². The Morgan fingerprint density at radius 3 is 2.27 bits per heavy atom. The summed E-state index contributed by atoms with van der Waals surface area (Å²) in [4.78, 5) is 12.1. The lowest BCUT2D eigenvalue weighted by Crippen LogP contribution is -2.63. The predicted octanol–water partition coefficient (Wildman–Crippen LogP) is -4.95. The van der Waals surface area contributed by atoms with E-state index in [-0.39, 0.29) is 0 Å². The van der Waals surface area contributed by atoms with E-state index in [2.05, 4.69) is 4.74 Å². The number of carbonyl (C=O) groups excluding carboxylic acids is 1. The van der Waals surface area contributed by atoms with Gasteiger partial charge in [-0.2, -0.15) is 0 Å². The lowest BCUT2D eigenvalue weighted by molar-refractivity contribution is -0.352. The molecule has 0 spiro atoms. The van der Waals surface area contributed by atoms with Crippen LogP contribution >= 0.6 is 0 Å². The topological polar surface area (TPSA) is 216 Å². The molecule has 0 radical (unpaired) electrons. The van der Waals surface area contributed by atoms with Crippen LogP contribution in [-0.2, 0) is 23.7 Å². The summed E-state index contributed by atoms with van der Waals surface area (Å²) in [5.74, 6) is -2.79. The first-order valence-electron chi connectivity index (χ1n) is 9.14. The van der Waals surface area contributed by atoms with E-state index in [4.69, 9.17) is 14.2 Å². The molecule has 13 heteroatoms. The fourth-order valence-corrected chi connectivity index (χ4v) is 4.24. The van der Waals surface area contributed by atoms with Crippen molar-refractivity contribution in [1.29, 1.82) is 0 Å². The lowest BCUT2D eigenvalue weighted by Gasteiger charge is -2.46. The Morgan fingerprint density at radius 2 is 1.70 bits per heavy atom. The van der Waals surface area contributed by atoms with E-state index >= 15 is 0 Å².